The molecule has 1 fully saturated rings. The Morgan fingerprint density at radius 3 is 3.11 bits per heavy atom. The molecule has 1 aromatic heterocycles. The first-order valence-electron chi connectivity index (χ1n) is 6.51. The monoisotopic (exact) mass is 249 g/mol. The smallest absolute Gasteiger partial charge is 0.148 e. The highest BCUT2D eigenvalue weighted by molar-refractivity contribution is 5.89. The molecule has 3 nitrogen and oxygen atoms in total. The SMILES string of the molecule is C=C[C@H]1CCCN1c1ccc2c(C#N)nccc2c1. The maximum absolute atomic E-state index is 9.06. The highest BCUT2D eigenvalue weighted by Gasteiger charge is 2.22. The van der Waals surface area contributed by atoms with Crippen molar-refractivity contribution < 1.29 is 0 Å². The molecule has 0 spiro atoms. The summed E-state index contributed by atoms with van der Waals surface area (Å²) in [4.78, 5) is 6.47. The molecule has 0 N–H and O–H groups in total. The van der Waals surface area contributed by atoms with Crippen molar-refractivity contribution in [2.45, 2.75) is 18.9 Å². The van der Waals surface area contributed by atoms with Crippen LogP contribution >= 0.6 is 0 Å². The minimum atomic E-state index is 0.426. The van der Waals surface area contributed by atoms with Crippen LogP contribution in [0, 0.1) is 11.3 Å². The van der Waals surface area contributed by atoms with E-state index in [0.717, 1.165) is 17.3 Å². The van der Waals surface area contributed by atoms with Gasteiger partial charge >= 0.3 is 0 Å². The first kappa shape index (κ1) is 11.7. The highest BCUT2D eigenvalue weighted by Crippen LogP contribution is 2.29. The number of nitrogens with zero attached hydrogens (tertiary/aromatic N) is 3. The zero-order valence-corrected chi connectivity index (χ0v) is 10.7. The Morgan fingerprint density at radius 2 is 2.32 bits per heavy atom. The van der Waals surface area contributed by atoms with Crippen LogP contribution in [0.4, 0.5) is 5.69 Å². The summed E-state index contributed by atoms with van der Waals surface area (Å²) in [5.41, 5.74) is 1.69. The van der Waals surface area contributed by atoms with Crippen molar-refractivity contribution in [3.63, 3.8) is 0 Å². The fraction of sp³-hybridized carbons (Fsp3) is 0.250. The summed E-state index contributed by atoms with van der Waals surface area (Å²) >= 11 is 0. The minimum absolute atomic E-state index is 0.426. The van der Waals surface area contributed by atoms with Gasteiger partial charge in [-0.05, 0) is 42.5 Å². The number of benzene rings is 1. The molecule has 3 heteroatoms. The average Bonchev–Trinajstić information content (AvgIpc) is 2.94. The second kappa shape index (κ2) is 4.74. The van der Waals surface area contributed by atoms with Crippen molar-refractivity contribution in [1.82, 2.24) is 4.98 Å². The van der Waals surface area contributed by atoms with E-state index in [1.165, 1.54) is 18.5 Å². The van der Waals surface area contributed by atoms with E-state index in [9.17, 15) is 0 Å². The number of pyridine rings is 1. The summed E-state index contributed by atoms with van der Waals surface area (Å²) in [6, 6.07) is 10.7. The molecule has 1 aliphatic rings. The van der Waals surface area contributed by atoms with Gasteiger partial charge in [0.25, 0.3) is 0 Å². The lowest BCUT2D eigenvalue weighted by Crippen LogP contribution is -2.26. The van der Waals surface area contributed by atoms with Crippen LogP contribution in [0.1, 0.15) is 18.5 Å². The van der Waals surface area contributed by atoms with Crippen LogP contribution in [0.2, 0.25) is 0 Å². The molecule has 1 saturated heterocycles. The Labute approximate surface area is 112 Å². The quantitative estimate of drug-likeness (QED) is 0.767. The van der Waals surface area contributed by atoms with E-state index in [1.807, 2.05) is 18.2 Å². The standard InChI is InChI=1S/C16H15N3/c1-2-13-4-3-9-19(13)14-5-6-15-12(10-14)7-8-18-16(15)11-17/h2,5-8,10,13H,1,3-4,9H2/t13-/m0/s1. The van der Waals surface area contributed by atoms with Gasteiger partial charge < -0.3 is 4.90 Å². The van der Waals surface area contributed by atoms with Crippen LogP contribution in [0.25, 0.3) is 10.8 Å². The lowest BCUT2D eigenvalue weighted by Gasteiger charge is -2.24. The predicted octanol–water partition coefficient (Wildman–Crippen LogP) is 3.26. The van der Waals surface area contributed by atoms with Crippen molar-refractivity contribution in [3.8, 4) is 6.07 Å². The molecule has 1 aromatic carbocycles. The molecular formula is C16H15N3. The zero-order chi connectivity index (χ0) is 13.2. The van der Waals surface area contributed by atoms with E-state index >= 15 is 0 Å². The Hall–Kier alpha value is -2.34. The number of aromatic nitrogens is 1. The minimum Gasteiger partial charge on any atom is -0.365 e. The normalized spacial score (nSPS) is 18.5. The van der Waals surface area contributed by atoms with Crippen molar-refractivity contribution in [1.29, 1.82) is 5.26 Å². The number of fused-ring (bicyclic) bond motifs is 1. The molecule has 1 aliphatic heterocycles. The van der Waals surface area contributed by atoms with Crippen molar-refractivity contribution in [3.05, 3.63) is 48.8 Å². The molecule has 0 saturated carbocycles. The van der Waals surface area contributed by atoms with Crippen molar-refractivity contribution >= 4 is 16.5 Å². The maximum Gasteiger partial charge on any atom is 0.148 e. The van der Waals surface area contributed by atoms with Crippen LogP contribution in [0.5, 0.6) is 0 Å². The van der Waals surface area contributed by atoms with Gasteiger partial charge in [-0.15, -0.1) is 6.58 Å². The largest absolute Gasteiger partial charge is 0.365 e. The van der Waals surface area contributed by atoms with Gasteiger partial charge in [0, 0.05) is 29.9 Å². The summed E-state index contributed by atoms with van der Waals surface area (Å²) < 4.78 is 0. The van der Waals surface area contributed by atoms with E-state index in [1.54, 1.807) is 6.20 Å². The van der Waals surface area contributed by atoms with Crippen LogP contribution in [0.3, 0.4) is 0 Å². The van der Waals surface area contributed by atoms with Crippen molar-refractivity contribution in [2.75, 3.05) is 11.4 Å². The van der Waals surface area contributed by atoms with E-state index in [0.29, 0.717) is 11.7 Å². The fourth-order valence-corrected chi connectivity index (χ4v) is 2.79. The Balaban J connectivity index is 2.08. The number of hydrogen-bond donors (Lipinski definition) is 0. The molecule has 2 aromatic rings. The Morgan fingerprint density at radius 1 is 1.42 bits per heavy atom. The molecular weight excluding hydrogens is 234 g/mol. The van der Waals surface area contributed by atoms with E-state index < -0.39 is 0 Å². The summed E-state index contributed by atoms with van der Waals surface area (Å²) in [7, 11) is 0. The summed E-state index contributed by atoms with van der Waals surface area (Å²) in [6.07, 6.45) is 6.08. The third kappa shape index (κ3) is 1.96. The molecule has 0 radical (unpaired) electrons. The fourth-order valence-electron chi connectivity index (χ4n) is 2.79. The van der Waals surface area contributed by atoms with Gasteiger partial charge in [-0.2, -0.15) is 5.26 Å². The molecule has 1 atom stereocenters. The summed E-state index contributed by atoms with van der Waals surface area (Å²) in [6.45, 7) is 4.98. The molecule has 0 amide bonds. The Kier molecular flexibility index (Phi) is 2.92. The van der Waals surface area contributed by atoms with E-state index in [2.05, 4.69) is 34.7 Å². The topological polar surface area (TPSA) is 39.9 Å². The third-order valence-electron chi connectivity index (χ3n) is 3.76. The first-order chi connectivity index (χ1) is 9.33. The van der Waals surface area contributed by atoms with Crippen LogP contribution in [0.15, 0.2) is 43.1 Å². The van der Waals surface area contributed by atoms with Gasteiger partial charge in [-0.25, -0.2) is 4.98 Å². The Bertz CT molecular complexity index is 669. The van der Waals surface area contributed by atoms with E-state index in [-0.39, 0.29) is 0 Å². The lowest BCUT2D eigenvalue weighted by atomic mass is 10.1. The predicted molar refractivity (Wildman–Crippen MR) is 77.0 cm³/mol. The first-order valence-corrected chi connectivity index (χ1v) is 6.51. The van der Waals surface area contributed by atoms with Crippen LogP contribution in [-0.2, 0) is 0 Å². The van der Waals surface area contributed by atoms with Gasteiger partial charge in [-0.1, -0.05) is 6.08 Å². The zero-order valence-electron chi connectivity index (χ0n) is 10.7. The number of rotatable bonds is 2. The van der Waals surface area contributed by atoms with Gasteiger partial charge in [-0.3, -0.25) is 0 Å². The maximum atomic E-state index is 9.06. The second-order valence-corrected chi connectivity index (χ2v) is 4.82. The number of anilines is 1. The molecule has 94 valence electrons. The number of hydrogen-bond acceptors (Lipinski definition) is 3. The lowest BCUT2D eigenvalue weighted by molar-refractivity contribution is 0.808. The average molecular weight is 249 g/mol. The molecule has 0 aliphatic carbocycles. The molecule has 2 heterocycles. The highest BCUT2D eigenvalue weighted by atomic mass is 15.2. The van der Waals surface area contributed by atoms with Crippen molar-refractivity contribution in [2.24, 2.45) is 0 Å². The third-order valence-corrected chi connectivity index (χ3v) is 3.76. The van der Waals surface area contributed by atoms with Gasteiger partial charge in [0.05, 0.1) is 0 Å². The summed E-state index contributed by atoms with van der Waals surface area (Å²) in [5.74, 6) is 0. The van der Waals surface area contributed by atoms with Crippen LogP contribution < -0.4 is 4.90 Å². The van der Waals surface area contributed by atoms with Gasteiger partial charge in [0.2, 0.25) is 0 Å². The van der Waals surface area contributed by atoms with Gasteiger partial charge in [0.1, 0.15) is 11.8 Å². The van der Waals surface area contributed by atoms with Gasteiger partial charge in [0.15, 0.2) is 0 Å². The van der Waals surface area contributed by atoms with E-state index in [4.69, 9.17) is 5.26 Å². The van der Waals surface area contributed by atoms with Crippen LogP contribution in [-0.4, -0.2) is 17.6 Å². The molecule has 19 heavy (non-hydrogen) atoms. The summed E-state index contributed by atoms with van der Waals surface area (Å²) in [5, 5.41) is 11.0. The number of nitriles is 1. The molecule has 0 unspecified atom stereocenters. The molecule has 3 rings (SSSR count). The molecule has 0 bridgehead atoms. The second-order valence-electron chi connectivity index (χ2n) is 4.82.